The Kier molecular flexibility index (Phi) is 67.2. The van der Waals surface area contributed by atoms with Crippen LogP contribution in [0, 0.1) is 0 Å². The maximum absolute atomic E-state index is 12.4. The average Bonchev–Trinajstić information content (AvgIpc) is 3.44. The number of carbonyl (C=O) groups is 2. The Labute approximate surface area is 488 Å². The third kappa shape index (κ3) is 66.4. The van der Waals surface area contributed by atoms with Gasteiger partial charge in [0, 0.05) is 12.8 Å². The van der Waals surface area contributed by atoms with Crippen LogP contribution in [0.25, 0.3) is 0 Å². The molecule has 5 heteroatoms. The van der Waals surface area contributed by atoms with Crippen molar-refractivity contribution in [1.82, 2.24) is 0 Å². The van der Waals surface area contributed by atoms with Crippen LogP contribution in [0.15, 0.2) is 48.6 Å². The minimum absolute atomic E-state index is 0.0609. The first-order valence-corrected chi connectivity index (χ1v) is 35.2. The number of unbranched alkanes of at least 4 members (excludes halogenated alkanes) is 50. The van der Waals surface area contributed by atoms with E-state index < -0.39 is 6.10 Å². The second-order valence-electron chi connectivity index (χ2n) is 24.0. The number of rotatable bonds is 66. The summed E-state index contributed by atoms with van der Waals surface area (Å²) >= 11 is 0. The number of aliphatic hydroxyl groups is 1. The molecule has 0 bridgehead atoms. The van der Waals surface area contributed by atoms with Crippen molar-refractivity contribution in [3.05, 3.63) is 48.6 Å². The van der Waals surface area contributed by atoms with Crippen LogP contribution in [0.1, 0.15) is 386 Å². The van der Waals surface area contributed by atoms with Crippen molar-refractivity contribution in [1.29, 1.82) is 0 Å². The van der Waals surface area contributed by atoms with Crippen LogP contribution < -0.4 is 0 Å². The fraction of sp³-hybridized carbons (Fsp3) is 0.863. The van der Waals surface area contributed by atoms with E-state index in [0.717, 1.165) is 51.4 Å². The van der Waals surface area contributed by atoms with E-state index in [1.54, 1.807) is 0 Å². The highest BCUT2D eigenvalue weighted by Crippen LogP contribution is 2.19. The molecule has 0 aromatic heterocycles. The van der Waals surface area contributed by atoms with Crippen LogP contribution in [0.5, 0.6) is 0 Å². The molecule has 0 fully saturated rings. The van der Waals surface area contributed by atoms with Crippen LogP contribution in [0.2, 0.25) is 0 Å². The van der Waals surface area contributed by atoms with Crippen molar-refractivity contribution in [2.45, 2.75) is 392 Å². The summed E-state index contributed by atoms with van der Waals surface area (Å²) in [4.78, 5) is 24.7. The minimum Gasteiger partial charge on any atom is -0.462 e. The van der Waals surface area contributed by atoms with E-state index in [0.29, 0.717) is 12.8 Å². The predicted molar refractivity (Wildman–Crippen MR) is 344 cm³/mol. The third-order valence-electron chi connectivity index (χ3n) is 16.1. The van der Waals surface area contributed by atoms with Crippen LogP contribution in [0.4, 0.5) is 0 Å². The molecule has 0 radical (unpaired) electrons. The van der Waals surface area contributed by atoms with Gasteiger partial charge in [-0.25, -0.2) is 0 Å². The maximum atomic E-state index is 12.4. The third-order valence-corrected chi connectivity index (χ3v) is 16.1. The van der Waals surface area contributed by atoms with E-state index in [1.807, 2.05) is 0 Å². The number of ether oxygens (including phenoxy) is 2. The SMILES string of the molecule is CCCCCCC/C=C\C/C=C\C/C=C\CCCCCCCCCCCCCCCCCCC(=O)OC(CO)COC(=O)CCCCCCCCCCCCCCCCCCCCCCC/C=C\CCCCCCCCCC. The first-order valence-electron chi connectivity index (χ1n) is 35.2. The van der Waals surface area contributed by atoms with Gasteiger partial charge >= 0.3 is 11.9 Å². The van der Waals surface area contributed by atoms with Crippen LogP contribution in [-0.2, 0) is 19.1 Å². The molecule has 0 amide bonds. The molecular weight excluding hydrogens is 957 g/mol. The topological polar surface area (TPSA) is 72.8 Å². The molecular formula is C73H136O5. The van der Waals surface area contributed by atoms with Gasteiger partial charge in [-0.05, 0) is 77.0 Å². The standard InChI is InChI=1S/C73H136O5/c1-3-5-7-9-11-13-15-17-19-21-23-25-27-29-31-33-35-36-38-39-41-43-45-47-49-51-53-55-57-59-61-63-65-67-72(75)77-70-71(69-74)78-73(76)68-66-64-62-60-58-56-54-52-50-48-46-44-42-40-37-34-32-30-28-26-24-22-20-18-16-14-12-10-8-6-4-2/h16,18,21-24,28,30,71,74H,3-15,17,19-20,25-27,29,31-70H2,1-2H3/b18-16-,23-21-,24-22-,30-28-. The normalized spacial score (nSPS) is 12.4. The van der Waals surface area contributed by atoms with Crippen LogP contribution in [0.3, 0.4) is 0 Å². The molecule has 0 rings (SSSR count). The summed E-state index contributed by atoms with van der Waals surface area (Å²) in [5.74, 6) is -0.569. The zero-order chi connectivity index (χ0) is 56.2. The van der Waals surface area contributed by atoms with E-state index in [9.17, 15) is 14.7 Å². The Hall–Kier alpha value is -2.14. The van der Waals surface area contributed by atoms with Gasteiger partial charge in [0.2, 0.25) is 0 Å². The maximum Gasteiger partial charge on any atom is 0.306 e. The number of hydrogen-bond acceptors (Lipinski definition) is 5. The molecule has 1 atom stereocenters. The number of allylic oxidation sites excluding steroid dienone is 8. The van der Waals surface area contributed by atoms with Gasteiger partial charge in [-0.2, -0.15) is 0 Å². The van der Waals surface area contributed by atoms with Crippen molar-refractivity contribution in [2.75, 3.05) is 13.2 Å². The molecule has 5 nitrogen and oxygen atoms in total. The van der Waals surface area contributed by atoms with Crippen molar-refractivity contribution in [2.24, 2.45) is 0 Å². The molecule has 0 saturated heterocycles. The van der Waals surface area contributed by atoms with E-state index >= 15 is 0 Å². The zero-order valence-corrected chi connectivity index (χ0v) is 52.7. The molecule has 1 N–H and O–H groups in total. The fourth-order valence-electron chi connectivity index (χ4n) is 10.8. The monoisotopic (exact) mass is 1090 g/mol. The second kappa shape index (κ2) is 69.1. The van der Waals surface area contributed by atoms with Gasteiger partial charge in [-0.15, -0.1) is 0 Å². The summed E-state index contributed by atoms with van der Waals surface area (Å²) in [6.07, 6.45) is 92.9. The highest BCUT2D eigenvalue weighted by molar-refractivity contribution is 5.70. The van der Waals surface area contributed by atoms with Crippen LogP contribution >= 0.6 is 0 Å². The average molecular weight is 1090 g/mol. The number of hydrogen-bond donors (Lipinski definition) is 1. The van der Waals surface area contributed by atoms with Crippen molar-refractivity contribution in [3.63, 3.8) is 0 Å². The Bertz CT molecular complexity index is 1280. The molecule has 0 aliphatic heterocycles. The van der Waals surface area contributed by atoms with Crippen LogP contribution in [-0.4, -0.2) is 36.4 Å². The second-order valence-corrected chi connectivity index (χ2v) is 24.0. The molecule has 458 valence electrons. The molecule has 78 heavy (non-hydrogen) atoms. The van der Waals surface area contributed by atoms with Crippen molar-refractivity contribution >= 4 is 11.9 Å². The lowest BCUT2D eigenvalue weighted by Gasteiger charge is -2.15. The van der Waals surface area contributed by atoms with Gasteiger partial charge < -0.3 is 14.6 Å². The summed E-state index contributed by atoms with van der Waals surface area (Å²) in [5.41, 5.74) is 0. The van der Waals surface area contributed by atoms with Crippen molar-refractivity contribution < 1.29 is 24.2 Å². The first-order chi connectivity index (χ1) is 38.6. The van der Waals surface area contributed by atoms with E-state index in [1.165, 1.54) is 308 Å². The van der Waals surface area contributed by atoms with E-state index in [-0.39, 0.29) is 25.2 Å². The highest BCUT2D eigenvalue weighted by atomic mass is 16.6. The quantitative estimate of drug-likeness (QED) is 0.0373. The molecule has 0 aliphatic carbocycles. The number of carbonyl (C=O) groups excluding carboxylic acids is 2. The van der Waals surface area contributed by atoms with Crippen molar-refractivity contribution in [3.8, 4) is 0 Å². The largest absolute Gasteiger partial charge is 0.462 e. The Morgan fingerprint density at radius 1 is 0.295 bits per heavy atom. The first kappa shape index (κ1) is 75.9. The number of aliphatic hydroxyl groups excluding tert-OH is 1. The van der Waals surface area contributed by atoms with E-state index in [4.69, 9.17) is 9.47 Å². The van der Waals surface area contributed by atoms with Gasteiger partial charge in [0.1, 0.15) is 6.61 Å². The summed E-state index contributed by atoms with van der Waals surface area (Å²) in [5, 5.41) is 9.70. The smallest absolute Gasteiger partial charge is 0.306 e. The summed E-state index contributed by atoms with van der Waals surface area (Å²) < 4.78 is 10.8. The Morgan fingerprint density at radius 3 is 0.782 bits per heavy atom. The zero-order valence-electron chi connectivity index (χ0n) is 52.7. The summed E-state index contributed by atoms with van der Waals surface area (Å²) in [6.45, 7) is 4.18. The molecule has 0 aliphatic rings. The Morgan fingerprint density at radius 2 is 0.513 bits per heavy atom. The molecule has 0 aromatic rings. The van der Waals surface area contributed by atoms with Gasteiger partial charge in [0.05, 0.1) is 6.61 Å². The lowest BCUT2D eigenvalue weighted by molar-refractivity contribution is -0.161. The molecule has 1 unspecified atom stereocenters. The number of esters is 2. The van der Waals surface area contributed by atoms with Gasteiger partial charge in [0.15, 0.2) is 6.10 Å². The van der Waals surface area contributed by atoms with Gasteiger partial charge in [-0.3, -0.25) is 9.59 Å². The minimum atomic E-state index is -0.772. The van der Waals surface area contributed by atoms with Gasteiger partial charge in [0.25, 0.3) is 0 Å². The molecule has 0 aromatic carbocycles. The van der Waals surface area contributed by atoms with E-state index in [2.05, 4.69) is 62.5 Å². The summed E-state index contributed by atoms with van der Waals surface area (Å²) in [7, 11) is 0. The molecule has 0 heterocycles. The predicted octanol–water partition coefficient (Wildman–Crippen LogP) is 24.3. The lowest BCUT2D eigenvalue weighted by Crippen LogP contribution is -2.28. The van der Waals surface area contributed by atoms with Gasteiger partial charge in [-0.1, -0.05) is 345 Å². The fourth-order valence-corrected chi connectivity index (χ4v) is 10.8. The lowest BCUT2D eigenvalue weighted by atomic mass is 10.0. The molecule has 0 saturated carbocycles. The molecule has 0 spiro atoms. The summed E-state index contributed by atoms with van der Waals surface area (Å²) in [6, 6.07) is 0. The Balaban J connectivity index is 3.40. The highest BCUT2D eigenvalue weighted by Gasteiger charge is 2.16.